The number of nitrogens with one attached hydrogen (secondary N) is 4. The Kier molecular flexibility index (Phi) is 7.03. The summed E-state index contributed by atoms with van der Waals surface area (Å²) in [6.07, 6.45) is 1.24. The highest BCUT2D eigenvalue weighted by atomic mass is 16.5. The van der Waals surface area contributed by atoms with Gasteiger partial charge in [-0.25, -0.2) is 19.0 Å². The van der Waals surface area contributed by atoms with E-state index in [0.29, 0.717) is 29.8 Å². The fraction of sp³-hybridized carbons (Fsp3) is 0.167. The molecule has 17 nitrogen and oxygen atoms in total. The molecule has 0 spiro atoms. The Hall–Kier alpha value is -6.65. The molecule has 0 aliphatic heterocycles. The average molecular weight is 638 g/mol. The maximum absolute atomic E-state index is 13.4. The highest BCUT2D eigenvalue weighted by molar-refractivity contribution is 5.98. The molecule has 0 radical (unpaired) electrons. The molecule has 3 aromatic carbocycles. The van der Waals surface area contributed by atoms with E-state index in [2.05, 4.69) is 40.8 Å². The van der Waals surface area contributed by atoms with E-state index in [1.54, 1.807) is 30.3 Å². The monoisotopic (exact) mass is 637 g/mol. The average Bonchev–Trinajstić information content (AvgIpc) is 3.81. The van der Waals surface area contributed by atoms with E-state index < -0.39 is 34.2 Å². The Morgan fingerprint density at radius 1 is 0.957 bits per heavy atom. The van der Waals surface area contributed by atoms with Gasteiger partial charge in [0.15, 0.2) is 5.82 Å². The van der Waals surface area contributed by atoms with Crippen LogP contribution >= 0.6 is 0 Å². The van der Waals surface area contributed by atoms with Gasteiger partial charge in [-0.05, 0) is 52.4 Å². The van der Waals surface area contributed by atoms with E-state index in [-0.39, 0.29) is 47.7 Å². The number of aromatic amines is 1. The van der Waals surface area contributed by atoms with E-state index in [9.17, 15) is 28.8 Å². The topological polar surface area (TPSA) is 250 Å². The molecular formula is C30H23N9O8. The number of fused-ring (bicyclic) bond motifs is 2. The molecule has 47 heavy (non-hydrogen) atoms. The molecule has 0 fully saturated rings. The van der Waals surface area contributed by atoms with Gasteiger partial charge in [-0.15, -0.1) is 0 Å². The van der Waals surface area contributed by atoms with E-state index in [1.165, 1.54) is 6.07 Å². The van der Waals surface area contributed by atoms with E-state index >= 15 is 0 Å². The summed E-state index contributed by atoms with van der Waals surface area (Å²) in [6.45, 7) is 0.259. The van der Waals surface area contributed by atoms with Gasteiger partial charge in [0, 0.05) is 18.7 Å². The summed E-state index contributed by atoms with van der Waals surface area (Å²) in [5.74, 6) is -2.88. The summed E-state index contributed by atoms with van der Waals surface area (Å²) in [5.41, 5.74) is 7.70. The first-order valence-electron chi connectivity index (χ1n) is 14.2. The molecule has 6 aromatic rings. The summed E-state index contributed by atoms with van der Waals surface area (Å²) in [6, 6.07) is 13.3. The molecule has 7 rings (SSSR count). The predicted molar refractivity (Wildman–Crippen MR) is 163 cm³/mol. The van der Waals surface area contributed by atoms with Gasteiger partial charge in [0.05, 0.1) is 6.04 Å². The number of amides is 2. The Balaban J connectivity index is 1.06. The highest BCUT2D eigenvalue weighted by Gasteiger charge is 2.27. The number of aryl methyl sites for hydroxylation is 1. The molecule has 1 atom stereocenters. The highest BCUT2D eigenvalue weighted by Crippen LogP contribution is 2.33. The third-order valence-corrected chi connectivity index (χ3v) is 7.89. The number of rotatable bonds is 9. The maximum Gasteiger partial charge on any atom is 0.448 e. The molecule has 1 aliphatic carbocycles. The van der Waals surface area contributed by atoms with Crippen LogP contribution in [0.5, 0.6) is 0 Å². The van der Waals surface area contributed by atoms with E-state index in [1.807, 2.05) is 12.1 Å². The van der Waals surface area contributed by atoms with Crippen molar-refractivity contribution in [3.05, 3.63) is 124 Å². The molecule has 0 saturated carbocycles. The van der Waals surface area contributed by atoms with Crippen LogP contribution in [0.4, 0.5) is 11.4 Å². The molecule has 1 unspecified atom stereocenters. The Morgan fingerprint density at radius 3 is 2.53 bits per heavy atom. The molecule has 0 bridgehead atoms. The smallest absolute Gasteiger partial charge is 0.394 e. The quantitative estimate of drug-likeness (QED) is 0.133. The molecule has 17 heteroatoms. The van der Waals surface area contributed by atoms with Crippen LogP contribution in [0.25, 0.3) is 17.2 Å². The minimum atomic E-state index is -0.954. The minimum Gasteiger partial charge on any atom is -0.394 e. The zero-order chi connectivity index (χ0) is 32.8. The number of nitrogen functional groups attached to an aromatic ring is 1. The van der Waals surface area contributed by atoms with Crippen LogP contribution < -0.4 is 44.1 Å². The van der Waals surface area contributed by atoms with Gasteiger partial charge in [-0.1, -0.05) is 41.6 Å². The van der Waals surface area contributed by atoms with Gasteiger partial charge in [0.1, 0.15) is 22.8 Å². The number of hydrogen-bond donors (Lipinski definition) is 5. The number of nitrogens with zero attached hydrogens (tertiary/aromatic N) is 4. The van der Waals surface area contributed by atoms with Crippen molar-refractivity contribution in [1.82, 2.24) is 35.3 Å². The number of hydrogen-bond acceptors (Lipinski definition) is 13. The summed E-state index contributed by atoms with van der Waals surface area (Å²) in [4.78, 5) is 80.1. The van der Waals surface area contributed by atoms with Crippen molar-refractivity contribution < 1.29 is 18.6 Å². The first-order chi connectivity index (χ1) is 22.7. The van der Waals surface area contributed by atoms with Gasteiger partial charge >= 0.3 is 11.5 Å². The maximum atomic E-state index is 13.4. The lowest BCUT2D eigenvalue weighted by molar-refractivity contribution is 0.0931. The number of carbonyl (C=O) groups is 2. The van der Waals surface area contributed by atoms with Gasteiger partial charge < -0.3 is 21.7 Å². The summed E-state index contributed by atoms with van der Waals surface area (Å²) < 4.78 is 10.2. The molecule has 0 saturated heterocycles. The van der Waals surface area contributed by atoms with Crippen LogP contribution in [-0.4, -0.2) is 36.5 Å². The number of benzene rings is 2. The number of carbonyl (C=O) groups excluding carboxylic acids is 2. The van der Waals surface area contributed by atoms with E-state index in [0.717, 1.165) is 21.1 Å². The van der Waals surface area contributed by atoms with Crippen LogP contribution in [0.15, 0.2) is 76.8 Å². The largest absolute Gasteiger partial charge is 0.448 e. The lowest BCUT2D eigenvalue weighted by atomic mass is 10.0. The second kappa shape index (κ2) is 11.4. The van der Waals surface area contributed by atoms with Crippen molar-refractivity contribution in [2.24, 2.45) is 0 Å². The Bertz CT molecular complexity index is 2410. The summed E-state index contributed by atoms with van der Waals surface area (Å²) in [7, 11) is 0. The van der Waals surface area contributed by atoms with Crippen LogP contribution in [0.3, 0.4) is 0 Å². The van der Waals surface area contributed by atoms with Crippen LogP contribution in [-0.2, 0) is 19.5 Å². The van der Waals surface area contributed by atoms with E-state index in [4.69, 9.17) is 10.3 Å². The predicted octanol–water partition coefficient (Wildman–Crippen LogP) is 0.163. The van der Waals surface area contributed by atoms with Crippen LogP contribution in [0, 0.1) is 0 Å². The van der Waals surface area contributed by atoms with Gasteiger partial charge in [-0.3, -0.25) is 33.2 Å². The number of aromatic nitrogens is 5. The first kappa shape index (κ1) is 29.1. The molecule has 3 aromatic heterocycles. The fourth-order valence-corrected chi connectivity index (χ4v) is 5.54. The Labute approximate surface area is 261 Å². The zero-order valence-electron chi connectivity index (χ0n) is 24.2. The lowest BCUT2D eigenvalue weighted by Gasteiger charge is -2.15. The van der Waals surface area contributed by atoms with Gasteiger partial charge in [-0.2, -0.15) is 0 Å². The summed E-state index contributed by atoms with van der Waals surface area (Å²) >= 11 is 0. The van der Waals surface area contributed by atoms with Crippen molar-refractivity contribution in [3.8, 4) is 11.4 Å². The molecule has 3 heterocycles. The van der Waals surface area contributed by atoms with Crippen molar-refractivity contribution in [2.45, 2.75) is 32.0 Å². The molecular weight excluding hydrogens is 614 g/mol. The van der Waals surface area contributed by atoms with Crippen molar-refractivity contribution in [2.75, 3.05) is 11.1 Å². The number of anilines is 2. The van der Waals surface area contributed by atoms with Crippen LogP contribution in [0.2, 0.25) is 0 Å². The normalized spacial score (nSPS) is 13.9. The van der Waals surface area contributed by atoms with Gasteiger partial charge in [0.2, 0.25) is 0 Å². The van der Waals surface area contributed by atoms with Gasteiger partial charge in [0.25, 0.3) is 28.4 Å². The second-order valence-corrected chi connectivity index (χ2v) is 10.8. The molecule has 1 aliphatic rings. The van der Waals surface area contributed by atoms with Crippen molar-refractivity contribution in [3.63, 3.8) is 0 Å². The minimum absolute atomic E-state index is 0.0450. The standard InChI is InChI=1S/C30H23N9O8/c31-21-22(24(41)23(21)40)32-11-13-2-1-3-14(8-13)12-33-27(43)20-10-19(35-28-38-47-30(45)39(20)28)26(42)34-18-7-5-15-9-16(4-6-17(15)18)25-36-29(44)46-37-25/h1-4,6,8-10,18,32H,5,7,11-12,31H2,(H,33,43)(H,34,42)(H,36,37,44). The molecule has 6 N–H and O–H groups in total. The zero-order valence-corrected chi connectivity index (χ0v) is 24.2. The third kappa shape index (κ3) is 5.34. The number of nitrogens with two attached hydrogens (primary N) is 1. The summed E-state index contributed by atoms with van der Waals surface area (Å²) in [5, 5.41) is 15.8. The third-order valence-electron chi connectivity index (χ3n) is 7.89. The van der Waals surface area contributed by atoms with Crippen molar-refractivity contribution >= 4 is 29.0 Å². The SMILES string of the molecule is Nc1c(NCc2cccc(CNC(=O)c3cc(C(=O)NC4CCc5cc(-c6noc(=O)[nH]6)ccc54)nc4noc(=O)n34)c2)c(=O)c1=O. The Morgan fingerprint density at radius 2 is 1.77 bits per heavy atom. The lowest BCUT2D eigenvalue weighted by Crippen LogP contribution is -2.36. The second-order valence-electron chi connectivity index (χ2n) is 10.8. The fourth-order valence-electron chi connectivity index (χ4n) is 5.54. The first-order valence-corrected chi connectivity index (χ1v) is 14.2. The van der Waals surface area contributed by atoms with Crippen LogP contribution in [0.1, 0.15) is 55.7 Å². The van der Waals surface area contributed by atoms with Crippen molar-refractivity contribution in [1.29, 1.82) is 0 Å². The molecule has 2 amide bonds. The number of H-pyrrole nitrogens is 1. The molecule has 236 valence electrons.